The molecule has 15 heavy (non-hydrogen) atoms. The van der Waals surface area contributed by atoms with Gasteiger partial charge in [-0.2, -0.15) is 0 Å². The van der Waals surface area contributed by atoms with Crippen LogP contribution in [0.25, 0.3) is 0 Å². The van der Waals surface area contributed by atoms with E-state index < -0.39 is 0 Å². The molecule has 2 fully saturated rings. The van der Waals surface area contributed by atoms with E-state index in [-0.39, 0.29) is 6.10 Å². The molecule has 2 aliphatic carbocycles. The highest BCUT2D eigenvalue weighted by Gasteiger charge is 2.31. The molecule has 0 aromatic rings. The van der Waals surface area contributed by atoms with Crippen LogP contribution in [-0.4, -0.2) is 29.8 Å². The molecule has 0 aromatic heterocycles. The van der Waals surface area contributed by atoms with Crippen LogP contribution in [0.4, 0.5) is 0 Å². The summed E-state index contributed by atoms with van der Waals surface area (Å²) in [4.78, 5) is 0. The average Bonchev–Trinajstić information content (AvgIpc) is 2.69. The van der Waals surface area contributed by atoms with E-state index in [1.54, 1.807) is 0 Å². The standard InChI is InChI=1S/C12H24N2O/c13-8-9-4-3-6-10(9)14-11-5-1-2-7-12(11)15/h9-12,14-15H,1-8,13H2. The number of hydrogen-bond acceptors (Lipinski definition) is 3. The highest BCUT2D eigenvalue weighted by atomic mass is 16.3. The first kappa shape index (κ1) is 11.4. The van der Waals surface area contributed by atoms with Crippen molar-refractivity contribution in [3.8, 4) is 0 Å². The van der Waals surface area contributed by atoms with Crippen LogP contribution in [-0.2, 0) is 0 Å². The van der Waals surface area contributed by atoms with E-state index in [1.165, 1.54) is 32.1 Å². The first-order valence-corrected chi connectivity index (χ1v) is 6.45. The van der Waals surface area contributed by atoms with Crippen LogP contribution >= 0.6 is 0 Å². The Hall–Kier alpha value is -0.120. The second-order valence-corrected chi connectivity index (χ2v) is 5.16. The van der Waals surface area contributed by atoms with Crippen LogP contribution in [0, 0.1) is 5.92 Å². The average molecular weight is 212 g/mol. The Balaban J connectivity index is 1.84. The Bertz CT molecular complexity index is 198. The Morgan fingerprint density at radius 1 is 1.00 bits per heavy atom. The van der Waals surface area contributed by atoms with Crippen molar-refractivity contribution in [2.75, 3.05) is 6.54 Å². The van der Waals surface area contributed by atoms with Crippen molar-refractivity contribution in [2.24, 2.45) is 11.7 Å². The fraction of sp³-hybridized carbons (Fsp3) is 1.00. The number of nitrogens with two attached hydrogens (primary N) is 1. The van der Waals surface area contributed by atoms with Crippen molar-refractivity contribution in [1.82, 2.24) is 5.32 Å². The van der Waals surface area contributed by atoms with E-state index in [1.807, 2.05) is 0 Å². The van der Waals surface area contributed by atoms with Gasteiger partial charge in [0, 0.05) is 12.1 Å². The molecular weight excluding hydrogens is 188 g/mol. The third-order valence-electron chi connectivity index (χ3n) is 4.12. The predicted octanol–water partition coefficient (Wildman–Crippen LogP) is 1.01. The van der Waals surface area contributed by atoms with Gasteiger partial charge in [0.2, 0.25) is 0 Å². The van der Waals surface area contributed by atoms with Gasteiger partial charge < -0.3 is 16.2 Å². The first-order valence-electron chi connectivity index (χ1n) is 6.45. The van der Waals surface area contributed by atoms with E-state index in [4.69, 9.17) is 5.73 Å². The van der Waals surface area contributed by atoms with Crippen LogP contribution in [0.3, 0.4) is 0 Å². The van der Waals surface area contributed by atoms with Gasteiger partial charge >= 0.3 is 0 Å². The molecule has 0 aromatic carbocycles. The highest BCUT2D eigenvalue weighted by Crippen LogP contribution is 2.27. The third-order valence-corrected chi connectivity index (χ3v) is 4.12. The Labute approximate surface area is 92.4 Å². The fourth-order valence-electron chi connectivity index (χ4n) is 3.12. The quantitative estimate of drug-likeness (QED) is 0.654. The summed E-state index contributed by atoms with van der Waals surface area (Å²) in [6, 6.07) is 0.892. The molecule has 0 heterocycles. The maximum atomic E-state index is 9.89. The molecule has 3 heteroatoms. The second kappa shape index (κ2) is 5.28. The Morgan fingerprint density at radius 2 is 1.73 bits per heavy atom. The number of hydrogen-bond donors (Lipinski definition) is 3. The molecule has 0 radical (unpaired) electrons. The summed E-state index contributed by atoms with van der Waals surface area (Å²) >= 11 is 0. The maximum Gasteiger partial charge on any atom is 0.0693 e. The predicted molar refractivity (Wildman–Crippen MR) is 61.6 cm³/mol. The summed E-state index contributed by atoms with van der Waals surface area (Å²) in [7, 11) is 0. The number of aliphatic hydroxyl groups excluding tert-OH is 1. The normalized spacial score (nSPS) is 42.0. The lowest BCUT2D eigenvalue weighted by Crippen LogP contribution is -2.49. The van der Waals surface area contributed by atoms with Crippen molar-refractivity contribution >= 4 is 0 Å². The lowest BCUT2D eigenvalue weighted by atomic mass is 9.91. The van der Waals surface area contributed by atoms with Crippen molar-refractivity contribution < 1.29 is 5.11 Å². The topological polar surface area (TPSA) is 58.3 Å². The highest BCUT2D eigenvalue weighted by molar-refractivity contribution is 4.89. The summed E-state index contributed by atoms with van der Waals surface area (Å²) < 4.78 is 0. The molecule has 4 unspecified atom stereocenters. The van der Waals surface area contributed by atoms with Crippen molar-refractivity contribution in [3.63, 3.8) is 0 Å². The molecule has 4 N–H and O–H groups in total. The summed E-state index contributed by atoms with van der Waals surface area (Å²) in [6.45, 7) is 0.792. The molecule has 4 atom stereocenters. The largest absolute Gasteiger partial charge is 0.392 e. The summed E-state index contributed by atoms with van der Waals surface area (Å²) in [5.74, 6) is 0.638. The van der Waals surface area contributed by atoms with E-state index in [9.17, 15) is 5.11 Å². The zero-order valence-corrected chi connectivity index (χ0v) is 9.49. The minimum absolute atomic E-state index is 0.127. The van der Waals surface area contributed by atoms with Gasteiger partial charge in [-0.1, -0.05) is 19.3 Å². The SMILES string of the molecule is NCC1CCCC1NC1CCCCC1O. The molecule has 2 rings (SSSR count). The minimum atomic E-state index is -0.127. The van der Waals surface area contributed by atoms with Crippen LogP contribution in [0.1, 0.15) is 44.9 Å². The van der Waals surface area contributed by atoms with Crippen LogP contribution in [0.2, 0.25) is 0 Å². The summed E-state index contributed by atoms with van der Waals surface area (Å²) in [5, 5.41) is 13.5. The Kier molecular flexibility index (Phi) is 4.00. The molecule has 2 aliphatic rings. The van der Waals surface area contributed by atoms with Gasteiger partial charge in [-0.3, -0.25) is 0 Å². The molecule has 0 bridgehead atoms. The number of nitrogens with one attached hydrogen (secondary N) is 1. The van der Waals surface area contributed by atoms with Gasteiger partial charge in [-0.15, -0.1) is 0 Å². The molecule has 0 spiro atoms. The summed E-state index contributed by atoms with van der Waals surface area (Å²) in [6.07, 6.45) is 8.22. The zero-order chi connectivity index (χ0) is 10.7. The molecular formula is C12H24N2O. The third kappa shape index (κ3) is 2.71. The van der Waals surface area contributed by atoms with Gasteiger partial charge in [0.15, 0.2) is 0 Å². The van der Waals surface area contributed by atoms with Crippen LogP contribution < -0.4 is 11.1 Å². The summed E-state index contributed by atoms with van der Waals surface area (Å²) in [5.41, 5.74) is 5.76. The lowest BCUT2D eigenvalue weighted by molar-refractivity contribution is 0.0820. The van der Waals surface area contributed by atoms with Gasteiger partial charge in [-0.05, 0) is 38.1 Å². The van der Waals surface area contributed by atoms with Crippen molar-refractivity contribution in [3.05, 3.63) is 0 Å². The monoisotopic (exact) mass is 212 g/mol. The van der Waals surface area contributed by atoms with Gasteiger partial charge in [0.1, 0.15) is 0 Å². The van der Waals surface area contributed by atoms with E-state index in [0.717, 1.165) is 19.4 Å². The molecule has 3 nitrogen and oxygen atoms in total. The van der Waals surface area contributed by atoms with E-state index >= 15 is 0 Å². The van der Waals surface area contributed by atoms with Gasteiger partial charge in [0.25, 0.3) is 0 Å². The smallest absolute Gasteiger partial charge is 0.0693 e. The second-order valence-electron chi connectivity index (χ2n) is 5.16. The molecule has 88 valence electrons. The van der Waals surface area contributed by atoms with Crippen molar-refractivity contribution in [2.45, 2.75) is 63.1 Å². The molecule has 0 aliphatic heterocycles. The van der Waals surface area contributed by atoms with Crippen LogP contribution in [0.5, 0.6) is 0 Å². The van der Waals surface area contributed by atoms with E-state index in [2.05, 4.69) is 5.32 Å². The Morgan fingerprint density at radius 3 is 2.47 bits per heavy atom. The van der Waals surface area contributed by atoms with Crippen LogP contribution in [0.15, 0.2) is 0 Å². The van der Waals surface area contributed by atoms with Crippen molar-refractivity contribution in [1.29, 1.82) is 0 Å². The molecule has 2 saturated carbocycles. The maximum absolute atomic E-state index is 9.89. The minimum Gasteiger partial charge on any atom is -0.392 e. The first-order chi connectivity index (χ1) is 7.31. The zero-order valence-electron chi connectivity index (χ0n) is 9.49. The number of aliphatic hydroxyl groups is 1. The van der Waals surface area contributed by atoms with E-state index in [0.29, 0.717) is 18.0 Å². The molecule has 0 saturated heterocycles. The van der Waals surface area contributed by atoms with Gasteiger partial charge in [-0.25, -0.2) is 0 Å². The van der Waals surface area contributed by atoms with Gasteiger partial charge in [0.05, 0.1) is 6.10 Å². The number of rotatable bonds is 3. The molecule has 0 amide bonds. The lowest BCUT2D eigenvalue weighted by Gasteiger charge is -2.33. The fourth-order valence-corrected chi connectivity index (χ4v) is 3.12.